The van der Waals surface area contributed by atoms with Crippen molar-refractivity contribution in [3.05, 3.63) is 36.2 Å². The fraction of sp³-hybridized carbons (Fsp3) is 0.435. The van der Waals surface area contributed by atoms with Gasteiger partial charge in [0.15, 0.2) is 17.3 Å². The molecule has 0 unspecified atom stereocenters. The molecule has 1 aliphatic heterocycles. The third-order valence-electron chi connectivity index (χ3n) is 5.97. The van der Waals surface area contributed by atoms with E-state index in [1.54, 1.807) is 18.5 Å². The first-order valence-corrected chi connectivity index (χ1v) is 11.4. The van der Waals surface area contributed by atoms with Crippen molar-refractivity contribution >= 4 is 28.8 Å². The maximum absolute atomic E-state index is 12.3. The Morgan fingerprint density at radius 3 is 2.67 bits per heavy atom. The summed E-state index contributed by atoms with van der Waals surface area (Å²) in [7, 11) is 0. The molecule has 0 bridgehead atoms. The van der Waals surface area contributed by atoms with E-state index in [1.165, 1.54) is 0 Å². The summed E-state index contributed by atoms with van der Waals surface area (Å²) in [5, 5.41) is 15.4. The lowest BCUT2D eigenvalue weighted by Gasteiger charge is -2.16. The summed E-state index contributed by atoms with van der Waals surface area (Å²) in [6, 6.07) is 7.53. The van der Waals surface area contributed by atoms with Crippen molar-refractivity contribution < 1.29 is 14.7 Å². The molecule has 0 atom stereocenters. The number of aliphatic hydroxyl groups excluding tert-OH is 1. The minimum Gasteiger partial charge on any atom is -0.395 e. The Morgan fingerprint density at radius 1 is 1.15 bits per heavy atom. The van der Waals surface area contributed by atoms with Gasteiger partial charge < -0.3 is 25.2 Å². The molecule has 10 nitrogen and oxygen atoms in total. The monoisotopic (exact) mass is 449 g/mol. The molecular formula is C23H27N7O3. The van der Waals surface area contributed by atoms with Crippen LogP contribution < -0.4 is 10.6 Å². The van der Waals surface area contributed by atoms with Gasteiger partial charge in [-0.3, -0.25) is 9.59 Å². The van der Waals surface area contributed by atoms with Crippen LogP contribution in [0.4, 0.5) is 5.82 Å². The molecule has 2 fully saturated rings. The van der Waals surface area contributed by atoms with Crippen molar-refractivity contribution in [2.45, 2.75) is 38.3 Å². The minimum atomic E-state index is -0.0692. The number of carbonyl (C=O) groups is 2. The van der Waals surface area contributed by atoms with Gasteiger partial charge in [0, 0.05) is 49.8 Å². The number of hydrogen-bond acceptors (Lipinski definition) is 7. The molecule has 172 valence electrons. The second-order valence-electron chi connectivity index (χ2n) is 8.47. The van der Waals surface area contributed by atoms with E-state index in [4.69, 9.17) is 4.98 Å². The van der Waals surface area contributed by atoms with Gasteiger partial charge in [0.25, 0.3) is 5.91 Å². The predicted molar refractivity (Wildman–Crippen MR) is 123 cm³/mol. The van der Waals surface area contributed by atoms with Crippen LogP contribution in [0.25, 0.3) is 22.6 Å². The van der Waals surface area contributed by atoms with Crippen molar-refractivity contribution in [2.75, 3.05) is 31.6 Å². The van der Waals surface area contributed by atoms with Crippen LogP contribution in [0.1, 0.15) is 36.0 Å². The molecule has 3 N–H and O–H groups in total. The summed E-state index contributed by atoms with van der Waals surface area (Å²) in [6.45, 7) is 2.27. The third-order valence-corrected chi connectivity index (χ3v) is 5.97. The van der Waals surface area contributed by atoms with E-state index < -0.39 is 0 Å². The highest BCUT2D eigenvalue weighted by atomic mass is 16.3. The van der Waals surface area contributed by atoms with Gasteiger partial charge in [-0.05, 0) is 31.4 Å². The number of nitrogens with one attached hydrogen (secondary N) is 2. The summed E-state index contributed by atoms with van der Waals surface area (Å²) in [5.41, 5.74) is 2.64. The summed E-state index contributed by atoms with van der Waals surface area (Å²) >= 11 is 0. The van der Waals surface area contributed by atoms with Crippen LogP contribution in [-0.2, 0) is 11.3 Å². The lowest BCUT2D eigenvalue weighted by atomic mass is 10.1. The van der Waals surface area contributed by atoms with Crippen LogP contribution in [0, 0.1) is 0 Å². The molecule has 0 spiro atoms. The Labute approximate surface area is 191 Å². The molecule has 1 saturated heterocycles. The number of likely N-dealkylation sites (tertiary alicyclic amines) is 1. The average Bonchev–Trinajstić information content (AvgIpc) is 3.40. The van der Waals surface area contributed by atoms with Crippen LogP contribution in [0.2, 0.25) is 0 Å². The normalized spacial score (nSPS) is 15.9. The number of nitrogens with zero attached hydrogens (tertiary/aromatic N) is 5. The predicted octanol–water partition coefficient (Wildman–Crippen LogP) is 1.41. The van der Waals surface area contributed by atoms with Gasteiger partial charge in [0.2, 0.25) is 5.91 Å². The van der Waals surface area contributed by atoms with E-state index in [2.05, 4.69) is 20.6 Å². The minimum absolute atomic E-state index is 0.0383. The highest BCUT2D eigenvalue weighted by molar-refractivity contribution is 5.95. The lowest BCUT2D eigenvalue weighted by molar-refractivity contribution is -0.127. The van der Waals surface area contributed by atoms with Gasteiger partial charge in [-0.15, -0.1) is 0 Å². The largest absolute Gasteiger partial charge is 0.395 e. The zero-order valence-corrected chi connectivity index (χ0v) is 18.3. The first-order valence-electron chi connectivity index (χ1n) is 11.4. The van der Waals surface area contributed by atoms with Crippen molar-refractivity contribution in [3.8, 4) is 11.4 Å². The number of aromatic nitrogens is 4. The van der Waals surface area contributed by atoms with E-state index in [-0.39, 0.29) is 18.4 Å². The van der Waals surface area contributed by atoms with Crippen LogP contribution in [0.15, 0.2) is 30.6 Å². The second kappa shape index (κ2) is 9.14. The second-order valence-corrected chi connectivity index (χ2v) is 8.47. The Morgan fingerprint density at radius 2 is 1.97 bits per heavy atom. The number of hydrogen-bond donors (Lipinski definition) is 3. The molecule has 1 aliphatic carbocycles. The maximum Gasteiger partial charge on any atom is 0.251 e. The van der Waals surface area contributed by atoms with Crippen LogP contribution >= 0.6 is 0 Å². The van der Waals surface area contributed by atoms with Crippen molar-refractivity contribution in [2.24, 2.45) is 0 Å². The summed E-state index contributed by atoms with van der Waals surface area (Å²) in [4.78, 5) is 40.0. The molecule has 33 heavy (non-hydrogen) atoms. The van der Waals surface area contributed by atoms with E-state index in [9.17, 15) is 14.7 Å². The fourth-order valence-corrected chi connectivity index (χ4v) is 3.97. The smallest absolute Gasteiger partial charge is 0.251 e. The fourth-order valence-electron chi connectivity index (χ4n) is 3.97. The summed E-state index contributed by atoms with van der Waals surface area (Å²) in [6.07, 6.45) is 5.31. The molecule has 5 rings (SSSR count). The SMILES string of the molecule is O=C(NC1CC1)c1ccc(-c2nc(NCCO)c3ncn(CCN4CCCC4=O)c3n2)cc1. The number of imidazole rings is 1. The standard InChI is InChI=1S/C23H27N7O3/c31-13-9-24-21-19-22(30(14-25-19)12-11-29-10-1-2-18(29)32)28-20(27-21)15-3-5-16(6-4-15)23(33)26-17-7-8-17/h3-6,14,17,31H,1-2,7-13H2,(H,26,33)(H,24,27,28). The molecule has 2 amide bonds. The van der Waals surface area contributed by atoms with Gasteiger partial charge in [0.05, 0.1) is 12.9 Å². The molecule has 10 heteroatoms. The topological polar surface area (TPSA) is 125 Å². The number of rotatable bonds is 9. The first kappa shape index (κ1) is 21.3. The number of carbonyl (C=O) groups excluding carboxylic acids is 2. The Kier molecular flexibility index (Phi) is 5.91. The molecule has 2 aliphatic rings. The van der Waals surface area contributed by atoms with Gasteiger partial charge in [-0.25, -0.2) is 15.0 Å². The molecule has 1 saturated carbocycles. The van der Waals surface area contributed by atoms with Gasteiger partial charge in [-0.1, -0.05) is 12.1 Å². The molecule has 2 aromatic heterocycles. The van der Waals surface area contributed by atoms with E-state index >= 15 is 0 Å². The summed E-state index contributed by atoms with van der Waals surface area (Å²) < 4.78 is 1.92. The molecule has 3 aromatic rings. The number of amides is 2. The highest BCUT2D eigenvalue weighted by Gasteiger charge is 2.24. The Bertz CT molecular complexity index is 1170. The average molecular weight is 450 g/mol. The quantitative estimate of drug-likeness (QED) is 0.451. The van der Waals surface area contributed by atoms with Crippen LogP contribution in [0.3, 0.4) is 0 Å². The lowest BCUT2D eigenvalue weighted by Crippen LogP contribution is -2.28. The Hall–Kier alpha value is -3.53. The van der Waals surface area contributed by atoms with E-state index in [0.717, 1.165) is 31.4 Å². The number of benzene rings is 1. The van der Waals surface area contributed by atoms with Crippen molar-refractivity contribution in [3.63, 3.8) is 0 Å². The molecule has 1 aromatic carbocycles. The van der Waals surface area contributed by atoms with Crippen LogP contribution in [-0.4, -0.2) is 73.6 Å². The first-order chi connectivity index (χ1) is 16.1. The zero-order chi connectivity index (χ0) is 22.8. The van der Waals surface area contributed by atoms with Crippen molar-refractivity contribution in [1.82, 2.24) is 29.7 Å². The number of fused-ring (bicyclic) bond motifs is 1. The molecule has 0 radical (unpaired) electrons. The number of aliphatic hydroxyl groups is 1. The van der Waals surface area contributed by atoms with E-state index in [1.807, 2.05) is 21.6 Å². The van der Waals surface area contributed by atoms with Gasteiger partial charge >= 0.3 is 0 Å². The van der Waals surface area contributed by atoms with Gasteiger partial charge in [-0.2, -0.15) is 0 Å². The number of anilines is 1. The van der Waals surface area contributed by atoms with Gasteiger partial charge in [0.1, 0.15) is 5.52 Å². The highest BCUT2D eigenvalue weighted by Crippen LogP contribution is 2.25. The molecular weight excluding hydrogens is 422 g/mol. The summed E-state index contributed by atoms with van der Waals surface area (Å²) in [5.74, 6) is 1.15. The molecule has 3 heterocycles. The van der Waals surface area contributed by atoms with Crippen molar-refractivity contribution in [1.29, 1.82) is 0 Å². The van der Waals surface area contributed by atoms with Crippen LogP contribution in [0.5, 0.6) is 0 Å². The maximum atomic E-state index is 12.3. The third kappa shape index (κ3) is 4.65. The Balaban J connectivity index is 1.43. The zero-order valence-electron chi connectivity index (χ0n) is 18.3. The van der Waals surface area contributed by atoms with E-state index in [0.29, 0.717) is 60.5 Å².